The largest absolute Gasteiger partial charge is 0.488 e. The summed E-state index contributed by atoms with van der Waals surface area (Å²) in [6, 6.07) is 6.18. The summed E-state index contributed by atoms with van der Waals surface area (Å²) < 4.78 is 6.80. The van der Waals surface area contributed by atoms with Crippen LogP contribution in [0.3, 0.4) is 0 Å². The summed E-state index contributed by atoms with van der Waals surface area (Å²) in [6.07, 6.45) is 5.99. The normalized spacial score (nSPS) is 15.2. The standard InChI is InChI=1S/C13H15BrO/c1-10-6-7-13(12(14)8-10)15-9-11-4-2-3-5-11/h4,6-8H,2-3,5,9H2,1H3. The van der Waals surface area contributed by atoms with E-state index in [-0.39, 0.29) is 0 Å². The molecule has 15 heavy (non-hydrogen) atoms. The van der Waals surface area contributed by atoms with Gasteiger partial charge in [-0.3, -0.25) is 0 Å². The van der Waals surface area contributed by atoms with E-state index in [9.17, 15) is 0 Å². The Bertz CT molecular complexity index is 382. The molecule has 0 saturated heterocycles. The Kier molecular flexibility index (Phi) is 3.47. The number of rotatable bonds is 3. The predicted molar refractivity (Wildman–Crippen MR) is 66.3 cm³/mol. The molecule has 0 heterocycles. The van der Waals surface area contributed by atoms with Crippen LogP contribution in [0.15, 0.2) is 34.3 Å². The Morgan fingerprint density at radius 1 is 1.40 bits per heavy atom. The fourth-order valence-electron chi connectivity index (χ4n) is 1.76. The Balaban J connectivity index is 1.98. The molecule has 1 nitrogen and oxygen atoms in total. The number of ether oxygens (including phenoxy) is 1. The second-order valence-corrected chi connectivity index (χ2v) is 4.83. The highest BCUT2D eigenvalue weighted by molar-refractivity contribution is 9.10. The highest BCUT2D eigenvalue weighted by Gasteiger charge is 2.06. The summed E-state index contributed by atoms with van der Waals surface area (Å²) in [4.78, 5) is 0. The first-order chi connectivity index (χ1) is 7.25. The zero-order valence-corrected chi connectivity index (χ0v) is 10.5. The number of halogens is 1. The molecule has 0 spiro atoms. The maximum absolute atomic E-state index is 5.76. The maximum Gasteiger partial charge on any atom is 0.133 e. The zero-order valence-electron chi connectivity index (χ0n) is 8.92. The van der Waals surface area contributed by atoms with Crippen LogP contribution in [0.4, 0.5) is 0 Å². The number of hydrogen-bond donors (Lipinski definition) is 0. The summed E-state index contributed by atoms with van der Waals surface area (Å²) in [5, 5.41) is 0. The quantitative estimate of drug-likeness (QED) is 0.744. The third-order valence-electron chi connectivity index (χ3n) is 2.64. The van der Waals surface area contributed by atoms with Crippen molar-refractivity contribution in [3.63, 3.8) is 0 Å². The number of hydrogen-bond acceptors (Lipinski definition) is 1. The van der Waals surface area contributed by atoms with Crippen molar-refractivity contribution < 1.29 is 4.74 Å². The number of benzene rings is 1. The van der Waals surface area contributed by atoms with Crippen molar-refractivity contribution in [3.05, 3.63) is 39.9 Å². The fourth-order valence-corrected chi connectivity index (χ4v) is 2.37. The SMILES string of the molecule is Cc1ccc(OCC2=CCCC2)c(Br)c1. The molecule has 80 valence electrons. The molecule has 2 rings (SSSR count). The van der Waals surface area contributed by atoms with E-state index in [0.717, 1.165) is 16.8 Å². The van der Waals surface area contributed by atoms with E-state index in [4.69, 9.17) is 4.74 Å². The van der Waals surface area contributed by atoms with Crippen molar-refractivity contribution >= 4 is 15.9 Å². The monoisotopic (exact) mass is 266 g/mol. The average molecular weight is 267 g/mol. The maximum atomic E-state index is 5.76. The van der Waals surface area contributed by atoms with Crippen molar-refractivity contribution in [3.8, 4) is 5.75 Å². The summed E-state index contributed by atoms with van der Waals surface area (Å²) in [5.74, 6) is 0.938. The van der Waals surface area contributed by atoms with Crippen molar-refractivity contribution in [2.24, 2.45) is 0 Å². The van der Waals surface area contributed by atoms with Gasteiger partial charge in [0.1, 0.15) is 12.4 Å². The highest BCUT2D eigenvalue weighted by Crippen LogP contribution is 2.27. The van der Waals surface area contributed by atoms with Gasteiger partial charge in [0.25, 0.3) is 0 Å². The summed E-state index contributed by atoms with van der Waals surface area (Å²) in [6.45, 7) is 2.82. The lowest BCUT2D eigenvalue weighted by Crippen LogP contribution is -1.99. The van der Waals surface area contributed by atoms with Gasteiger partial charge in [0.15, 0.2) is 0 Å². The van der Waals surface area contributed by atoms with Gasteiger partial charge < -0.3 is 4.74 Å². The van der Waals surface area contributed by atoms with Gasteiger partial charge in [-0.1, -0.05) is 12.1 Å². The molecule has 1 aromatic rings. The van der Waals surface area contributed by atoms with Crippen molar-refractivity contribution in [2.75, 3.05) is 6.61 Å². The van der Waals surface area contributed by atoms with E-state index in [2.05, 4.69) is 41.1 Å². The molecule has 0 aromatic heterocycles. The lowest BCUT2D eigenvalue weighted by Gasteiger charge is -2.09. The minimum atomic E-state index is 0.738. The van der Waals surface area contributed by atoms with Gasteiger partial charge in [0, 0.05) is 0 Å². The van der Waals surface area contributed by atoms with Gasteiger partial charge >= 0.3 is 0 Å². The molecule has 0 bridgehead atoms. The van der Waals surface area contributed by atoms with E-state index < -0.39 is 0 Å². The van der Waals surface area contributed by atoms with E-state index in [0.29, 0.717) is 0 Å². The van der Waals surface area contributed by atoms with Gasteiger partial charge in [0.2, 0.25) is 0 Å². The average Bonchev–Trinajstić information content (AvgIpc) is 2.69. The van der Waals surface area contributed by atoms with Crippen LogP contribution in [0.5, 0.6) is 5.75 Å². The van der Waals surface area contributed by atoms with Crippen molar-refractivity contribution in [1.29, 1.82) is 0 Å². The van der Waals surface area contributed by atoms with Crippen LogP contribution < -0.4 is 4.74 Å². The number of allylic oxidation sites excluding steroid dienone is 1. The van der Waals surface area contributed by atoms with Crippen LogP contribution in [0.25, 0.3) is 0 Å². The second kappa shape index (κ2) is 4.84. The zero-order chi connectivity index (χ0) is 10.7. The molecule has 1 aliphatic carbocycles. The van der Waals surface area contributed by atoms with Crippen LogP contribution in [0.1, 0.15) is 24.8 Å². The van der Waals surface area contributed by atoms with Crippen LogP contribution in [-0.4, -0.2) is 6.61 Å². The summed E-state index contributed by atoms with van der Waals surface area (Å²) in [7, 11) is 0. The lowest BCUT2D eigenvalue weighted by atomic mass is 10.2. The first kappa shape index (κ1) is 10.7. The van der Waals surface area contributed by atoms with Gasteiger partial charge in [-0.15, -0.1) is 0 Å². The molecule has 0 radical (unpaired) electrons. The Morgan fingerprint density at radius 3 is 2.93 bits per heavy atom. The van der Waals surface area contributed by atoms with Crippen molar-refractivity contribution in [2.45, 2.75) is 26.2 Å². The minimum absolute atomic E-state index is 0.738. The lowest BCUT2D eigenvalue weighted by molar-refractivity contribution is 0.347. The predicted octanol–water partition coefficient (Wildman–Crippen LogP) is 4.25. The molecule has 0 N–H and O–H groups in total. The Hall–Kier alpha value is -0.760. The first-order valence-electron chi connectivity index (χ1n) is 5.32. The van der Waals surface area contributed by atoms with E-state index in [1.807, 2.05) is 6.07 Å². The molecule has 1 aromatic carbocycles. The van der Waals surface area contributed by atoms with Crippen LogP contribution in [0, 0.1) is 6.92 Å². The topological polar surface area (TPSA) is 9.23 Å². The van der Waals surface area contributed by atoms with E-state index in [1.54, 1.807) is 0 Å². The third-order valence-corrected chi connectivity index (χ3v) is 3.26. The molecule has 0 aliphatic heterocycles. The van der Waals surface area contributed by atoms with Gasteiger partial charge in [0.05, 0.1) is 4.47 Å². The van der Waals surface area contributed by atoms with Gasteiger partial charge in [-0.25, -0.2) is 0 Å². The summed E-state index contributed by atoms with van der Waals surface area (Å²) >= 11 is 3.51. The minimum Gasteiger partial charge on any atom is -0.488 e. The molecular formula is C13H15BrO. The second-order valence-electron chi connectivity index (χ2n) is 3.98. The van der Waals surface area contributed by atoms with Gasteiger partial charge in [-0.05, 0) is 65.4 Å². The van der Waals surface area contributed by atoms with E-state index in [1.165, 1.54) is 30.4 Å². The molecule has 2 heteroatoms. The molecule has 1 aliphatic rings. The first-order valence-corrected chi connectivity index (χ1v) is 6.12. The fraction of sp³-hybridized carbons (Fsp3) is 0.385. The molecule has 0 fully saturated rings. The van der Waals surface area contributed by atoms with Crippen molar-refractivity contribution in [1.82, 2.24) is 0 Å². The van der Waals surface area contributed by atoms with Crippen LogP contribution >= 0.6 is 15.9 Å². The highest BCUT2D eigenvalue weighted by atomic mass is 79.9. The molecular weight excluding hydrogens is 252 g/mol. The summed E-state index contributed by atoms with van der Waals surface area (Å²) in [5.41, 5.74) is 2.68. The van der Waals surface area contributed by atoms with E-state index >= 15 is 0 Å². The Morgan fingerprint density at radius 2 is 2.27 bits per heavy atom. The Labute approximate surface area is 99.3 Å². The van der Waals surface area contributed by atoms with Gasteiger partial charge in [-0.2, -0.15) is 0 Å². The molecule has 0 amide bonds. The van der Waals surface area contributed by atoms with Crippen LogP contribution in [0.2, 0.25) is 0 Å². The number of aryl methyl sites for hydroxylation is 1. The third kappa shape index (κ3) is 2.85. The molecule has 0 saturated carbocycles. The molecule has 0 atom stereocenters. The smallest absolute Gasteiger partial charge is 0.133 e. The molecule has 0 unspecified atom stereocenters. The van der Waals surface area contributed by atoms with Crippen LogP contribution in [-0.2, 0) is 0 Å².